The number of ether oxygens (including phenoxy) is 1. The van der Waals surface area contributed by atoms with Crippen molar-refractivity contribution >= 4 is 23.4 Å². The van der Waals surface area contributed by atoms with Gasteiger partial charge in [0, 0.05) is 32.6 Å². The Kier molecular flexibility index (Phi) is 5.01. The Balaban J connectivity index is 1.28. The highest BCUT2D eigenvalue weighted by Crippen LogP contribution is 2.28. The van der Waals surface area contributed by atoms with Crippen LogP contribution < -0.4 is 10.1 Å². The van der Waals surface area contributed by atoms with E-state index in [1.807, 2.05) is 18.2 Å². The molecule has 146 valence electrons. The number of hydrogen-bond acceptors (Lipinski definition) is 5. The highest BCUT2D eigenvalue weighted by atomic mass is 16.5. The molecule has 1 saturated heterocycles. The Morgan fingerprint density at radius 1 is 1.07 bits per heavy atom. The summed E-state index contributed by atoms with van der Waals surface area (Å²) in [6, 6.07) is 8.90. The number of fused-ring (bicyclic) bond motifs is 1. The summed E-state index contributed by atoms with van der Waals surface area (Å²) in [7, 11) is 0. The summed E-state index contributed by atoms with van der Waals surface area (Å²) in [5.41, 5.74) is 1.61. The van der Waals surface area contributed by atoms with E-state index in [0.717, 1.165) is 5.56 Å². The zero-order valence-corrected chi connectivity index (χ0v) is 15.3. The van der Waals surface area contributed by atoms with Gasteiger partial charge in [-0.05, 0) is 36.2 Å². The van der Waals surface area contributed by atoms with Crippen molar-refractivity contribution in [3.05, 3.63) is 47.9 Å². The topological polar surface area (TPSA) is 92.1 Å². The molecule has 0 radical (unpaired) electrons. The summed E-state index contributed by atoms with van der Waals surface area (Å²) in [5.74, 6) is 0.705. The van der Waals surface area contributed by atoms with Crippen LogP contribution in [-0.2, 0) is 16.0 Å². The van der Waals surface area contributed by atoms with Gasteiger partial charge in [0.05, 0.1) is 12.0 Å². The van der Waals surface area contributed by atoms with E-state index < -0.39 is 0 Å². The maximum absolute atomic E-state index is 12.5. The molecule has 0 unspecified atom stereocenters. The lowest BCUT2D eigenvalue weighted by Gasteiger charge is -2.34. The first kappa shape index (κ1) is 18.1. The maximum Gasteiger partial charge on any atom is 0.289 e. The van der Waals surface area contributed by atoms with E-state index >= 15 is 0 Å². The Morgan fingerprint density at radius 3 is 2.61 bits per heavy atom. The van der Waals surface area contributed by atoms with E-state index in [0.29, 0.717) is 56.2 Å². The third kappa shape index (κ3) is 3.85. The van der Waals surface area contributed by atoms with Gasteiger partial charge in [-0.25, -0.2) is 0 Å². The van der Waals surface area contributed by atoms with Crippen LogP contribution in [-0.4, -0.2) is 60.3 Å². The number of benzene rings is 1. The van der Waals surface area contributed by atoms with Crippen LogP contribution in [0.2, 0.25) is 0 Å². The number of amides is 3. The Hall–Kier alpha value is -3.29. The smallest absolute Gasteiger partial charge is 0.289 e. The molecule has 0 spiro atoms. The second kappa shape index (κ2) is 7.75. The normalized spacial score (nSPS) is 16.2. The van der Waals surface area contributed by atoms with Crippen LogP contribution in [0.15, 0.2) is 41.0 Å². The van der Waals surface area contributed by atoms with E-state index in [-0.39, 0.29) is 24.3 Å². The first-order chi connectivity index (χ1) is 13.6. The fourth-order valence-electron chi connectivity index (χ4n) is 3.41. The van der Waals surface area contributed by atoms with Crippen LogP contribution in [0.25, 0.3) is 0 Å². The van der Waals surface area contributed by atoms with E-state index in [9.17, 15) is 14.4 Å². The third-order valence-electron chi connectivity index (χ3n) is 4.96. The van der Waals surface area contributed by atoms with E-state index in [1.54, 1.807) is 21.9 Å². The molecule has 0 bridgehead atoms. The fraction of sp³-hybridized carbons (Fsp3) is 0.350. The minimum atomic E-state index is -0.178. The minimum absolute atomic E-state index is 0.0270. The first-order valence-corrected chi connectivity index (χ1v) is 9.26. The molecule has 1 fully saturated rings. The van der Waals surface area contributed by atoms with Crippen molar-refractivity contribution in [2.24, 2.45) is 0 Å². The molecule has 3 heterocycles. The Morgan fingerprint density at radius 2 is 1.86 bits per heavy atom. The number of aryl methyl sites for hydroxylation is 1. The van der Waals surface area contributed by atoms with Gasteiger partial charge in [-0.2, -0.15) is 0 Å². The van der Waals surface area contributed by atoms with Gasteiger partial charge in [0.25, 0.3) is 11.8 Å². The van der Waals surface area contributed by atoms with Crippen LogP contribution in [0.5, 0.6) is 5.75 Å². The number of furan rings is 1. The van der Waals surface area contributed by atoms with E-state index in [1.165, 1.54) is 6.26 Å². The molecule has 1 N–H and O–H groups in total. The maximum atomic E-state index is 12.5. The fourth-order valence-corrected chi connectivity index (χ4v) is 3.41. The van der Waals surface area contributed by atoms with Crippen LogP contribution in [0.1, 0.15) is 22.5 Å². The van der Waals surface area contributed by atoms with Gasteiger partial charge in [0.1, 0.15) is 5.75 Å². The quantitative estimate of drug-likeness (QED) is 0.864. The van der Waals surface area contributed by atoms with Gasteiger partial charge in [-0.1, -0.05) is 6.07 Å². The van der Waals surface area contributed by atoms with Gasteiger partial charge in [-0.15, -0.1) is 0 Å². The Labute approximate surface area is 162 Å². The number of nitrogens with zero attached hydrogens (tertiary/aromatic N) is 2. The molecule has 0 aliphatic carbocycles. The monoisotopic (exact) mass is 383 g/mol. The average molecular weight is 383 g/mol. The van der Waals surface area contributed by atoms with Crippen molar-refractivity contribution in [3.63, 3.8) is 0 Å². The van der Waals surface area contributed by atoms with Gasteiger partial charge >= 0.3 is 0 Å². The largest absolute Gasteiger partial charge is 0.482 e. The van der Waals surface area contributed by atoms with Crippen molar-refractivity contribution < 1.29 is 23.5 Å². The molecule has 1 aromatic carbocycles. The summed E-state index contributed by atoms with van der Waals surface area (Å²) < 4.78 is 10.5. The van der Waals surface area contributed by atoms with Crippen LogP contribution in [0.4, 0.5) is 5.69 Å². The molecule has 1 aromatic heterocycles. The van der Waals surface area contributed by atoms with Crippen molar-refractivity contribution in [3.8, 4) is 5.75 Å². The third-order valence-corrected chi connectivity index (χ3v) is 4.96. The number of carbonyl (C=O) groups excluding carboxylic acids is 3. The minimum Gasteiger partial charge on any atom is -0.482 e. The van der Waals surface area contributed by atoms with Crippen molar-refractivity contribution in [2.75, 3.05) is 38.1 Å². The zero-order chi connectivity index (χ0) is 19.5. The Bertz CT molecular complexity index is 885. The molecule has 8 nitrogen and oxygen atoms in total. The number of piperazine rings is 1. The molecule has 4 rings (SSSR count). The molecule has 28 heavy (non-hydrogen) atoms. The number of nitrogens with one attached hydrogen (secondary N) is 1. The van der Waals surface area contributed by atoms with Crippen molar-refractivity contribution in [1.82, 2.24) is 9.80 Å². The van der Waals surface area contributed by atoms with Gasteiger partial charge < -0.3 is 24.3 Å². The molecule has 0 atom stereocenters. The summed E-state index contributed by atoms with van der Waals surface area (Å²) in [6.45, 7) is 2.04. The van der Waals surface area contributed by atoms with Gasteiger partial charge in [0.15, 0.2) is 12.4 Å². The van der Waals surface area contributed by atoms with Crippen LogP contribution in [0, 0.1) is 0 Å². The average Bonchev–Trinajstić information content (AvgIpc) is 3.26. The molecule has 2 aliphatic heterocycles. The predicted molar refractivity (Wildman–Crippen MR) is 100 cm³/mol. The first-order valence-electron chi connectivity index (χ1n) is 9.26. The predicted octanol–water partition coefficient (Wildman–Crippen LogP) is 1.53. The lowest BCUT2D eigenvalue weighted by Crippen LogP contribution is -2.50. The number of anilines is 1. The zero-order valence-electron chi connectivity index (χ0n) is 15.3. The second-order valence-electron chi connectivity index (χ2n) is 6.82. The lowest BCUT2D eigenvalue weighted by molar-refractivity contribution is -0.132. The molecule has 8 heteroatoms. The van der Waals surface area contributed by atoms with Gasteiger partial charge in [-0.3, -0.25) is 14.4 Å². The molecular formula is C20H21N3O5. The molecule has 0 saturated carbocycles. The van der Waals surface area contributed by atoms with Crippen molar-refractivity contribution in [1.29, 1.82) is 0 Å². The summed E-state index contributed by atoms with van der Waals surface area (Å²) in [6.07, 6.45) is 2.43. The summed E-state index contributed by atoms with van der Waals surface area (Å²) in [5, 5.41) is 2.77. The molecule has 2 aliphatic rings. The molecular weight excluding hydrogens is 362 g/mol. The van der Waals surface area contributed by atoms with Gasteiger partial charge in [0.2, 0.25) is 5.91 Å². The highest BCUT2D eigenvalue weighted by Gasteiger charge is 2.26. The number of carbonyl (C=O) groups is 3. The number of rotatable bonds is 4. The van der Waals surface area contributed by atoms with Crippen molar-refractivity contribution in [2.45, 2.75) is 12.8 Å². The van der Waals surface area contributed by atoms with Crippen LogP contribution >= 0.6 is 0 Å². The highest BCUT2D eigenvalue weighted by molar-refractivity contribution is 5.95. The van der Waals surface area contributed by atoms with E-state index in [4.69, 9.17) is 9.15 Å². The lowest BCUT2D eigenvalue weighted by atomic mass is 10.1. The SMILES string of the molecule is O=C1COc2ccc(CCC(=O)N3CCN(C(=O)c4ccco4)CC3)cc2N1. The summed E-state index contributed by atoms with van der Waals surface area (Å²) >= 11 is 0. The number of hydrogen-bond donors (Lipinski definition) is 1. The molecule has 2 aromatic rings. The van der Waals surface area contributed by atoms with E-state index in [2.05, 4.69) is 5.32 Å². The summed E-state index contributed by atoms with van der Waals surface area (Å²) in [4.78, 5) is 39.7. The van der Waals surface area contributed by atoms with Crippen LogP contribution in [0.3, 0.4) is 0 Å². The second-order valence-corrected chi connectivity index (χ2v) is 6.82. The molecule has 3 amide bonds. The standard InChI is InChI=1S/C20H21N3O5/c24-18-13-28-16-5-3-14(12-15(16)21-18)4-6-19(25)22-7-9-23(10-8-22)20(26)17-2-1-11-27-17/h1-3,5,11-12H,4,6-10,13H2,(H,21,24).